The maximum atomic E-state index is 4.51. The monoisotopic (exact) mass is 347 g/mol. The van der Waals surface area contributed by atoms with Gasteiger partial charge < -0.3 is 4.98 Å². The molecule has 4 aromatic rings. The smallest absolute Gasteiger partial charge is 0.212 e. The molecule has 0 aliphatic rings. The molecule has 0 fully saturated rings. The summed E-state index contributed by atoms with van der Waals surface area (Å²) < 4.78 is 1.71. The van der Waals surface area contributed by atoms with E-state index in [1.54, 1.807) is 22.8 Å². The molecule has 2 aromatic carbocycles. The molecule has 0 spiro atoms. The lowest BCUT2D eigenvalue weighted by molar-refractivity contribution is 0.767. The number of nitrogens with one attached hydrogen (secondary N) is 1. The lowest BCUT2D eigenvalue weighted by Crippen LogP contribution is -1.92. The molecule has 0 unspecified atom stereocenters. The Kier molecular flexibility index (Phi) is 4.35. The first-order valence-electron chi connectivity index (χ1n) is 7.98. The van der Waals surface area contributed by atoms with Crippen LogP contribution in [0, 0.1) is 6.92 Å². The summed E-state index contributed by atoms with van der Waals surface area (Å²) in [4.78, 5) is 3.25. The molecule has 2 aromatic heterocycles. The van der Waals surface area contributed by atoms with Crippen molar-refractivity contribution in [1.82, 2.24) is 19.9 Å². The molecule has 0 saturated carbocycles. The summed E-state index contributed by atoms with van der Waals surface area (Å²) in [5.41, 5.74) is 4.66. The molecule has 0 aliphatic heterocycles. The molecule has 2 heterocycles. The van der Waals surface area contributed by atoms with Crippen LogP contribution in [-0.4, -0.2) is 26.1 Å². The van der Waals surface area contributed by atoms with Gasteiger partial charge in [-0.25, -0.2) is 0 Å². The van der Waals surface area contributed by atoms with E-state index in [-0.39, 0.29) is 0 Å². The zero-order valence-corrected chi connectivity index (χ0v) is 14.6. The molecule has 0 radical (unpaired) electrons. The van der Waals surface area contributed by atoms with Crippen molar-refractivity contribution in [1.29, 1.82) is 0 Å². The predicted molar refractivity (Wildman–Crippen MR) is 102 cm³/mol. The van der Waals surface area contributed by atoms with Crippen LogP contribution < -0.4 is 0 Å². The maximum Gasteiger partial charge on any atom is 0.212 e. The minimum absolute atomic E-state index is 0.775. The minimum atomic E-state index is 0.775. The highest BCUT2D eigenvalue weighted by atomic mass is 32.2. The standard InChI is InChI=1S/C19H17N5S/c1-14-6-8-15(9-7-14)12-25-19-23-21-13-24(19)22-11-16-10-20-18-5-3-2-4-17(16)18/h2-11,13,20H,12H2,1H3/b22-11-. The number of thioether (sulfide) groups is 1. The number of nitrogens with zero attached hydrogens (tertiary/aromatic N) is 4. The molecule has 5 nitrogen and oxygen atoms in total. The van der Waals surface area contributed by atoms with E-state index in [1.807, 2.05) is 30.6 Å². The highest BCUT2D eigenvalue weighted by Crippen LogP contribution is 2.21. The molecule has 0 bridgehead atoms. The Morgan fingerprint density at radius 2 is 2.00 bits per heavy atom. The van der Waals surface area contributed by atoms with Crippen LogP contribution in [0.2, 0.25) is 0 Å². The normalized spacial score (nSPS) is 11.6. The van der Waals surface area contributed by atoms with Crippen molar-refractivity contribution < 1.29 is 0 Å². The predicted octanol–water partition coefficient (Wildman–Crippen LogP) is 4.24. The van der Waals surface area contributed by atoms with Crippen LogP contribution in [0.5, 0.6) is 0 Å². The van der Waals surface area contributed by atoms with Crippen LogP contribution in [-0.2, 0) is 5.75 Å². The van der Waals surface area contributed by atoms with E-state index in [9.17, 15) is 0 Å². The van der Waals surface area contributed by atoms with Gasteiger partial charge in [0.2, 0.25) is 5.16 Å². The van der Waals surface area contributed by atoms with Crippen molar-refractivity contribution in [3.05, 3.63) is 77.7 Å². The van der Waals surface area contributed by atoms with Gasteiger partial charge in [-0.2, -0.15) is 9.78 Å². The number of aryl methyl sites for hydroxylation is 1. The molecule has 6 heteroatoms. The second-order valence-electron chi connectivity index (χ2n) is 5.77. The Morgan fingerprint density at radius 3 is 2.88 bits per heavy atom. The number of H-pyrrole nitrogens is 1. The Bertz CT molecular complexity index is 1010. The van der Waals surface area contributed by atoms with Gasteiger partial charge in [-0.3, -0.25) is 0 Å². The van der Waals surface area contributed by atoms with Crippen molar-refractivity contribution >= 4 is 28.9 Å². The van der Waals surface area contributed by atoms with E-state index < -0.39 is 0 Å². The van der Waals surface area contributed by atoms with Crippen molar-refractivity contribution in [3.8, 4) is 0 Å². The number of fused-ring (bicyclic) bond motifs is 1. The topological polar surface area (TPSA) is 58.9 Å². The van der Waals surface area contributed by atoms with Crippen molar-refractivity contribution in [3.63, 3.8) is 0 Å². The van der Waals surface area contributed by atoms with Gasteiger partial charge in [-0.1, -0.05) is 59.8 Å². The van der Waals surface area contributed by atoms with Crippen LogP contribution in [0.25, 0.3) is 10.9 Å². The van der Waals surface area contributed by atoms with Crippen molar-refractivity contribution in [2.75, 3.05) is 0 Å². The van der Waals surface area contributed by atoms with Crippen LogP contribution in [0.3, 0.4) is 0 Å². The molecular formula is C19H17N5S. The van der Waals surface area contributed by atoms with Crippen molar-refractivity contribution in [2.45, 2.75) is 17.8 Å². The highest BCUT2D eigenvalue weighted by molar-refractivity contribution is 7.98. The molecule has 0 amide bonds. The lowest BCUT2D eigenvalue weighted by atomic mass is 10.2. The Balaban J connectivity index is 1.50. The summed E-state index contributed by atoms with van der Waals surface area (Å²) in [6.45, 7) is 2.09. The van der Waals surface area contributed by atoms with Gasteiger partial charge in [0, 0.05) is 28.4 Å². The molecule has 4 rings (SSSR count). The maximum absolute atomic E-state index is 4.51. The van der Waals surface area contributed by atoms with E-state index in [0.717, 1.165) is 27.4 Å². The fourth-order valence-corrected chi connectivity index (χ4v) is 3.37. The van der Waals surface area contributed by atoms with Gasteiger partial charge in [-0.05, 0) is 18.6 Å². The first-order chi connectivity index (χ1) is 12.3. The third kappa shape index (κ3) is 3.49. The molecular weight excluding hydrogens is 330 g/mol. The minimum Gasteiger partial charge on any atom is -0.361 e. The summed E-state index contributed by atoms with van der Waals surface area (Å²) in [7, 11) is 0. The summed E-state index contributed by atoms with van der Waals surface area (Å²) in [6, 6.07) is 16.7. The van der Waals surface area contributed by atoms with E-state index >= 15 is 0 Å². The average molecular weight is 347 g/mol. The van der Waals surface area contributed by atoms with E-state index in [2.05, 4.69) is 57.5 Å². The van der Waals surface area contributed by atoms with Gasteiger partial charge in [0.15, 0.2) is 0 Å². The molecule has 0 atom stereocenters. The van der Waals surface area contributed by atoms with Crippen LogP contribution in [0.4, 0.5) is 0 Å². The number of para-hydroxylation sites is 1. The van der Waals surface area contributed by atoms with E-state index in [0.29, 0.717) is 0 Å². The number of rotatable bonds is 5. The summed E-state index contributed by atoms with van der Waals surface area (Å²) in [5, 5.41) is 14.6. The fourth-order valence-electron chi connectivity index (χ4n) is 2.55. The van der Waals surface area contributed by atoms with Gasteiger partial charge in [0.1, 0.15) is 6.33 Å². The van der Waals surface area contributed by atoms with Gasteiger partial charge in [-0.15, -0.1) is 10.2 Å². The zero-order chi connectivity index (χ0) is 17.1. The highest BCUT2D eigenvalue weighted by Gasteiger charge is 2.05. The zero-order valence-electron chi connectivity index (χ0n) is 13.8. The third-order valence-corrected chi connectivity index (χ3v) is 4.94. The average Bonchev–Trinajstić information content (AvgIpc) is 3.26. The fraction of sp³-hybridized carbons (Fsp3) is 0.105. The van der Waals surface area contributed by atoms with Crippen LogP contribution >= 0.6 is 11.8 Å². The lowest BCUT2D eigenvalue weighted by Gasteiger charge is -2.02. The number of hydrogen-bond donors (Lipinski definition) is 1. The Morgan fingerprint density at radius 1 is 1.16 bits per heavy atom. The van der Waals surface area contributed by atoms with Gasteiger partial charge >= 0.3 is 0 Å². The quantitative estimate of drug-likeness (QED) is 0.434. The number of hydrogen-bond acceptors (Lipinski definition) is 4. The summed E-state index contributed by atoms with van der Waals surface area (Å²) in [6.07, 6.45) is 5.42. The van der Waals surface area contributed by atoms with E-state index in [4.69, 9.17) is 0 Å². The Hall–Kier alpha value is -2.86. The second kappa shape index (κ2) is 6.94. The van der Waals surface area contributed by atoms with Gasteiger partial charge in [0.25, 0.3) is 0 Å². The third-order valence-electron chi connectivity index (χ3n) is 3.93. The Labute approximate surface area is 149 Å². The van der Waals surface area contributed by atoms with Gasteiger partial charge in [0.05, 0.1) is 6.21 Å². The number of aromatic amines is 1. The summed E-state index contributed by atoms with van der Waals surface area (Å²) >= 11 is 1.62. The second-order valence-corrected chi connectivity index (χ2v) is 6.71. The van der Waals surface area contributed by atoms with Crippen molar-refractivity contribution in [2.24, 2.45) is 5.10 Å². The first kappa shape index (κ1) is 15.7. The molecule has 1 N–H and O–H groups in total. The largest absolute Gasteiger partial charge is 0.361 e. The number of aromatic nitrogens is 4. The number of benzene rings is 2. The molecule has 25 heavy (non-hydrogen) atoms. The van der Waals surface area contributed by atoms with Crippen LogP contribution in [0.1, 0.15) is 16.7 Å². The molecule has 124 valence electrons. The molecule has 0 aliphatic carbocycles. The van der Waals surface area contributed by atoms with E-state index in [1.165, 1.54) is 11.1 Å². The first-order valence-corrected chi connectivity index (χ1v) is 8.97. The molecule has 0 saturated heterocycles. The SMILES string of the molecule is Cc1ccc(CSc2nncn2/N=C\c2c[nH]c3ccccc23)cc1. The van der Waals surface area contributed by atoms with Crippen LogP contribution in [0.15, 0.2) is 71.3 Å². The summed E-state index contributed by atoms with van der Waals surface area (Å²) in [5.74, 6) is 0.835.